The minimum Gasteiger partial charge on any atom is -0.465 e. The van der Waals surface area contributed by atoms with Crippen molar-refractivity contribution in [2.45, 2.75) is 29.7 Å². The quantitative estimate of drug-likeness (QED) is 0.205. The van der Waals surface area contributed by atoms with Crippen molar-refractivity contribution in [1.29, 1.82) is 0 Å². The zero-order valence-corrected chi connectivity index (χ0v) is 20.6. The van der Waals surface area contributed by atoms with E-state index < -0.39 is 39.8 Å². The Morgan fingerprint density at radius 2 is 1.89 bits per heavy atom. The predicted octanol–water partition coefficient (Wildman–Crippen LogP) is 3.24. The van der Waals surface area contributed by atoms with Crippen molar-refractivity contribution in [3.05, 3.63) is 71.3 Å². The Morgan fingerprint density at radius 1 is 1.14 bits per heavy atom. The van der Waals surface area contributed by atoms with Crippen LogP contribution in [0.25, 0.3) is 0 Å². The Labute approximate surface area is 210 Å². The van der Waals surface area contributed by atoms with Crippen molar-refractivity contribution in [3.63, 3.8) is 0 Å². The van der Waals surface area contributed by atoms with Crippen molar-refractivity contribution >= 4 is 63.6 Å². The van der Waals surface area contributed by atoms with E-state index in [1.54, 1.807) is 6.92 Å². The first-order chi connectivity index (χ1) is 16.8. The molecule has 1 fully saturated rings. The highest BCUT2D eigenvalue weighted by molar-refractivity contribution is 8.00. The highest BCUT2D eigenvalue weighted by Crippen LogP contribution is 2.54. The number of ether oxygens (including phenoxy) is 1. The smallest absolute Gasteiger partial charge is 0.326 e. The molecule has 4 heterocycles. The molecule has 0 aliphatic carbocycles. The zero-order valence-electron chi connectivity index (χ0n) is 18.1. The molecule has 2 aliphatic heterocycles. The average Bonchev–Trinajstić information content (AvgIpc) is 3.52. The van der Waals surface area contributed by atoms with Gasteiger partial charge in [-0.05, 0) is 30.5 Å². The highest BCUT2D eigenvalue weighted by Gasteiger charge is 2.57. The summed E-state index contributed by atoms with van der Waals surface area (Å²) >= 11 is 3.49. The monoisotopic (exact) mass is 531 g/mol. The number of hydrogen-bond acceptors (Lipinski definition) is 10. The van der Waals surface area contributed by atoms with Crippen LogP contribution in [0.15, 0.2) is 51.6 Å². The number of non-ortho nitro benzene ring substituents is 1. The number of nitro benzene ring substituents is 1. The first-order valence-corrected chi connectivity index (χ1v) is 13.1. The van der Waals surface area contributed by atoms with Gasteiger partial charge in [0.15, 0.2) is 0 Å². The van der Waals surface area contributed by atoms with E-state index in [1.165, 1.54) is 40.2 Å². The first kappa shape index (κ1) is 23.5. The minimum absolute atomic E-state index is 0.152. The predicted molar refractivity (Wildman–Crippen MR) is 130 cm³/mol. The maximum atomic E-state index is 13.6. The van der Waals surface area contributed by atoms with Gasteiger partial charge >= 0.3 is 10.8 Å². The fourth-order valence-corrected chi connectivity index (χ4v) is 8.06. The molecule has 0 spiro atoms. The summed E-state index contributed by atoms with van der Waals surface area (Å²) in [5.74, 6) is -2.75. The topological polar surface area (TPSA) is 129 Å². The Morgan fingerprint density at radius 3 is 2.51 bits per heavy atom. The summed E-state index contributed by atoms with van der Waals surface area (Å²) in [7, 11) is 0. The lowest BCUT2D eigenvalue weighted by Gasteiger charge is -2.29. The summed E-state index contributed by atoms with van der Waals surface area (Å²) in [4.78, 5) is 64.8. The Hall–Kier alpha value is -3.29. The molecule has 3 atom stereocenters. The lowest BCUT2D eigenvalue weighted by molar-refractivity contribution is -0.384. The van der Waals surface area contributed by atoms with Crippen molar-refractivity contribution in [2.75, 3.05) is 11.5 Å². The van der Waals surface area contributed by atoms with Crippen LogP contribution in [-0.4, -0.2) is 39.1 Å². The molecule has 0 N–H and O–H groups in total. The average molecular weight is 532 g/mol. The molecular weight excluding hydrogens is 514 g/mol. The van der Waals surface area contributed by atoms with E-state index in [4.69, 9.17) is 4.74 Å². The number of rotatable bonds is 6. The molecule has 1 aromatic carbocycles. The first-order valence-electron chi connectivity index (χ1n) is 10.5. The van der Waals surface area contributed by atoms with Gasteiger partial charge in [-0.3, -0.25) is 33.9 Å². The van der Waals surface area contributed by atoms with Gasteiger partial charge < -0.3 is 4.74 Å². The van der Waals surface area contributed by atoms with Crippen LogP contribution in [0, 0.1) is 16.0 Å². The lowest BCUT2D eigenvalue weighted by Crippen LogP contribution is -2.32. The molecular formula is C22H17N3O7S3. The van der Waals surface area contributed by atoms with E-state index in [0.29, 0.717) is 9.90 Å². The molecule has 5 rings (SSSR count). The molecule has 13 heteroatoms. The van der Waals surface area contributed by atoms with E-state index in [2.05, 4.69) is 0 Å². The molecule has 10 nitrogen and oxygen atoms in total. The van der Waals surface area contributed by atoms with Gasteiger partial charge in [-0.1, -0.05) is 29.2 Å². The molecule has 0 unspecified atom stereocenters. The van der Waals surface area contributed by atoms with Gasteiger partial charge in [0, 0.05) is 27.8 Å². The van der Waals surface area contributed by atoms with Crippen molar-refractivity contribution in [2.24, 2.45) is 5.92 Å². The molecule has 2 amide bonds. The Kier molecular flexibility index (Phi) is 6.07. The maximum Gasteiger partial charge on any atom is 0.326 e. The molecule has 1 saturated heterocycles. The number of hydrogen-bond donors (Lipinski definition) is 0. The summed E-state index contributed by atoms with van der Waals surface area (Å²) in [6.07, 6.45) is 0. The van der Waals surface area contributed by atoms with Gasteiger partial charge in [0.25, 0.3) is 5.69 Å². The third-order valence-electron chi connectivity index (χ3n) is 5.81. The molecule has 0 radical (unpaired) electrons. The van der Waals surface area contributed by atoms with Crippen LogP contribution >= 0.6 is 34.4 Å². The van der Waals surface area contributed by atoms with Crippen LogP contribution in [-0.2, 0) is 25.7 Å². The Bertz CT molecular complexity index is 1390. The van der Waals surface area contributed by atoms with Crippen LogP contribution in [0.5, 0.6) is 0 Å². The molecule has 2 aliphatic rings. The van der Waals surface area contributed by atoms with E-state index >= 15 is 0 Å². The molecule has 2 aromatic heterocycles. The van der Waals surface area contributed by atoms with Gasteiger partial charge in [-0.2, -0.15) is 0 Å². The van der Waals surface area contributed by atoms with Gasteiger partial charge in [-0.25, -0.2) is 4.90 Å². The molecule has 180 valence electrons. The normalized spacial score (nSPS) is 21.1. The van der Waals surface area contributed by atoms with Crippen LogP contribution in [0.1, 0.15) is 22.6 Å². The zero-order chi connectivity index (χ0) is 24.9. The second-order valence-electron chi connectivity index (χ2n) is 7.77. The van der Waals surface area contributed by atoms with E-state index in [0.717, 1.165) is 32.9 Å². The lowest BCUT2D eigenvalue weighted by atomic mass is 9.87. The van der Waals surface area contributed by atoms with Crippen LogP contribution in [0.4, 0.5) is 11.4 Å². The van der Waals surface area contributed by atoms with Gasteiger partial charge in [0.1, 0.15) is 11.8 Å². The number of thiophene rings is 1. The van der Waals surface area contributed by atoms with Crippen molar-refractivity contribution in [3.8, 4) is 0 Å². The van der Waals surface area contributed by atoms with Crippen LogP contribution < -0.4 is 9.77 Å². The van der Waals surface area contributed by atoms with Crippen molar-refractivity contribution < 1.29 is 24.0 Å². The minimum atomic E-state index is -0.820. The number of thiazole rings is 1. The fourth-order valence-electron chi connectivity index (χ4n) is 4.34. The van der Waals surface area contributed by atoms with Gasteiger partial charge in [0.2, 0.25) is 11.8 Å². The third-order valence-corrected chi connectivity index (χ3v) is 9.37. The molecule has 0 saturated carbocycles. The van der Waals surface area contributed by atoms with Gasteiger partial charge in [-0.15, -0.1) is 11.3 Å². The van der Waals surface area contributed by atoms with Crippen LogP contribution in [0.2, 0.25) is 0 Å². The van der Waals surface area contributed by atoms with Gasteiger partial charge in [0.05, 0.1) is 28.2 Å². The number of thioether (sulfide) groups is 1. The second-order valence-corrected chi connectivity index (χ2v) is 10.9. The summed E-state index contributed by atoms with van der Waals surface area (Å²) < 4.78 is 6.32. The number of nitrogens with zero attached hydrogens (tertiary/aromatic N) is 3. The summed E-state index contributed by atoms with van der Waals surface area (Å²) in [5, 5.41) is 12.5. The van der Waals surface area contributed by atoms with Crippen LogP contribution in [0.3, 0.4) is 0 Å². The molecule has 0 bridgehead atoms. The SMILES string of the molecule is CCOC(=O)Cn1c2c(sc1=O)[C@@H](c1cccs1)[C@@H]1C(=O)N(c3ccc([N+](=O)[O-])cc3)C(=O)[C@@H]1S2. The second kappa shape index (κ2) is 9.06. The number of carbonyl (C=O) groups excluding carboxylic acids is 3. The summed E-state index contributed by atoms with van der Waals surface area (Å²) in [6.45, 7) is 1.56. The third kappa shape index (κ3) is 3.89. The van der Waals surface area contributed by atoms with E-state index in [9.17, 15) is 29.3 Å². The standard InChI is InChI=1S/C22H17N3O7S3/c1-2-32-14(26)10-23-21-18(35-22(23)29)15(13-4-3-9-33-13)16-17(34-21)20(28)24(19(16)27)11-5-7-12(8-6-11)25(30)31/h3-9,15-17H,2,10H2,1H3/t15-,16-,17+/m0/s1. The Balaban J connectivity index is 1.59. The number of benzene rings is 1. The maximum absolute atomic E-state index is 13.6. The molecule has 3 aromatic rings. The number of esters is 1. The number of carbonyl (C=O) groups is 3. The number of nitro groups is 1. The fraction of sp³-hybridized carbons (Fsp3) is 0.273. The number of anilines is 1. The number of imide groups is 1. The number of fused-ring (bicyclic) bond motifs is 2. The largest absolute Gasteiger partial charge is 0.465 e. The number of aromatic nitrogens is 1. The van der Waals surface area contributed by atoms with Crippen molar-refractivity contribution in [1.82, 2.24) is 4.57 Å². The summed E-state index contributed by atoms with van der Waals surface area (Å²) in [6, 6.07) is 8.94. The summed E-state index contributed by atoms with van der Waals surface area (Å²) in [5.41, 5.74) is 0.0964. The van der Waals surface area contributed by atoms with E-state index in [1.807, 2.05) is 17.5 Å². The van der Waals surface area contributed by atoms with E-state index in [-0.39, 0.29) is 29.4 Å². The molecule has 35 heavy (non-hydrogen) atoms. The number of amides is 2. The highest BCUT2D eigenvalue weighted by atomic mass is 32.2.